The summed E-state index contributed by atoms with van der Waals surface area (Å²) in [5, 5.41) is 5.13. The normalized spacial score (nSPS) is 11.8. The average Bonchev–Trinajstić information content (AvgIpc) is 2.78. The maximum absolute atomic E-state index is 12.7. The van der Waals surface area contributed by atoms with Gasteiger partial charge < -0.3 is 14.5 Å². The van der Waals surface area contributed by atoms with Crippen LogP contribution in [0.5, 0.6) is 0 Å². The molecule has 5 nitrogen and oxygen atoms in total. The summed E-state index contributed by atoms with van der Waals surface area (Å²) < 4.78 is 11.6. The van der Waals surface area contributed by atoms with Gasteiger partial charge >= 0.3 is 5.97 Å². The van der Waals surface area contributed by atoms with E-state index in [9.17, 15) is 4.79 Å². The summed E-state index contributed by atoms with van der Waals surface area (Å²) in [5.74, 6) is 0.395. The first-order valence-corrected chi connectivity index (χ1v) is 10.7. The van der Waals surface area contributed by atoms with Crippen molar-refractivity contribution in [3.05, 3.63) is 71.6 Å². The van der Waals surface area contributed by atoms with Gasteiger partial charge in [-0.2, -0.15) is 0 Å². The molecule has 0 aromatic heterocycles. The minimum atomic E-state index is -0.331. The van der Waals surface area contributed by atoms with Crippen molar-refractivity contribution in [1.82, 2.24) is 0 Å². The first kappa shape index (κ1) is 20.7. The predicted octanol–water partition coefficient (Wildman–Crippen LogP) is 5.73. The Labute approximate surface area is 181 Å². The van der Waals surface area contributed by atoms with Crippen LogP contribution < -0.4 is 10.7 Å². The number of nitrogens with one attached hydrogen (secondary N) is 1. The summed E-state index contributed by atoms with van der Waals surface area (Å²) in [6.07, 6.45) is 0. The van der Waals surface area contributed by atoms with Crippen molar-refractivity contribution in [2.45, 2.75) is 20.8 Å². The Kier molecular flexibility index (Phi) is 6.03. The van der Waals surface area contributed by atoms with E-state index in [-0.39, 0.29) is 5.97 Å². The van der Waals surface area contributed by atoms with Crippen LogP contribution in [-0.2, 0) is 4.74 Å². The van der Waals surface area contributed by atoms with Crippen LogP contribution in [-0.4, -0.2) is 25.7 Å². The van der Waals surface area contributed by atoms with E-state index in [1.165, 1.54) is 0 Å². The van der Waals surface area contributed by atoms with Gasteiger partial charge in [0.15, 0.2) is 0 Å². The van der Waals surface area contributed by atoms with Crippen LogP contribution in [0.2, 0.25) is 0 Å². The Balaban J connectivity index is 2.08. The molecule has 0 radical (unpaired) electrons. The molecule has 2 aromatic carbocycles. The number of ether oxygens (including phenoxy) is 1. The zero-order chi connectivity index (χ0) is 21.8. The van der Waals surface area contributed by atoms with E-state index in [0.717, 1.165) is 51.0 Å². The molecule has 0 spiro atoms. The van der Waals surface area contributed by atoms with E-state index in [4.69, 9.17) is 9.15 Å². The smallest absolute Gasteiger partial charge is 0.338 e. The highest BCUT2D eigenvalue weighted by molar-refractivity contribution is 6.08. The number of carbonyl (C=O) groups excluding carboxylic acids is 1. The lowest BCUT2D eigenvalue weighted by Gasteiger charge is -2.18. The zero-order valence-corrected chi connectivity index (χ0v) is 18.1. The Hall–Kier alpha value is -3.60. The molecule has 158 valence electrons. The standard InChI is InChI=1S/C26H26N2O3/c1-4-27-17-11-13-21-23(15-17)31-24-16-18(28-5-2)12-14-22(24)25(21)19-9-7-8-10-20(19)26(29)30-6-3/h7-16,27H,4-6H2,1-3H3. The van der Waals surface area contributed by atoms with Crippen molar-refractivity contribution in [3.63, 3.8) is 0 Å². The van der Waals surface area contributed by atoms with Crippen LogP contribution in [0.1, 0.15) is 31.1 Å². The first-order chi connectivity index (χ1) is 15.2. The van der Waals surface area contributed by atoms with Gasteiger partial charge in [-0.1, -0.05) is 18.2 Å². The number of fused-ring (bicyclic) bond motifs is 2. The molecule has 1 heterocycles. The number of hydrogen-bond donors (Lipinski definition) is 1. The largest absolute Gasteiger partial charge is 0.462 e. The Morgan fingerprint density at radius 2 is 1.84 bits per heavy atom. The molecule has 0 unspecified atom stereocenters. The quantitative estimate of drug-likeness (QED) is 0.323. The minimum absolute atomic E-state index is 0.326. The lowest BCUT2D eigenvalue weighted by Crippen LogP contribution is -2.08. The fourth-order valence-electron chi connectivity index (χ4n) is 3.85. The second kappa shape index (κ2) is 9.04. The summed E-state index contributed by atoms with van der Waals surface area (Å²) in [4.78, 5) is 17.2. The third-order valence-corrected chi connectivity index (χ3v) is 5.12. The van der Waals surface area contributed by atoms with Gasteiger partial charge in [-0.15, -0.1) is 0 Å². The van der Waals surface area contributed by atoms with Gasteiger partial charge in [0, 0.05) is 47.4 Å². The Bertz CT molecular complexity index is 1270. The summed E-state index contributed by atoms with van der Waals surface area (Å²) >= 11 is 0. The molecule has 5 heteroatoms. The van der Waals surface area contributed by atoms with Crippen LogP contribution in [0.3, 0.4) is 0 Å². The fraction of sp³-hybridized carbons (Fsp3) is 0.231. The fourth-order valence-corrected chi connectivity index (χ4v) is 3.85. The third kappa shape index (κ3) is 4.04. The molecule has 0 bridgehead atoms. The molecule has 4 rings (SSSR count). The lowest BCUT2D eigenvalue weighted by molar-refractivity contribution is 0.0527. The van der Waals surface area contributed by atoms with E-state index in [0.29, 0.717) is 18.7 Å². The van der Waals surface area contributed by atoms with Crippen molar-refractivity contribution >= 4 is 22.6 Å². The second-order valence-electron chi connectivity index (χ2n) is 7.14. The first-order valence-electron chi connectivity index (χ1n) is 10.7. The van der Waals surface area contributed by atoms with Crippen molar-refractivity contribution in [2.24, 2.45) is 4.99 Å². The van der Waals surface area contributed by atoms with Crippen LogP contribution in [0, 0.1) is 0 Å². The number of anilines is 1. The van der Waals surface area contributed by atoms with Gasteiger partial charge in [-0.3, -0.25) is 4.99 Å². The van der Waals surface area contributed by atoms with Gasteiger partial charge in [0.1, 0.15) is 11.3 Å². The molecule has 1 aliphatic carbocycles. The average molecular weight is 415 g/mol. The molecular weight excluding hydrogens is 388 g/mol. The van der Waals surface area contributed by atoms with Gasteiger partial charge in [-0.25, -0.2) is 4.79 Å². The molecule has 0 saturated heterocycles. The van der Waals surface area contributed by atoms with Gasteiger partial charge in [0.25, 0.3) is 0 Å². The monoisotopic (exact) mass is 414 g/mol. The van der Waals surface area contributed by atoms with Crippen molar-refractivity contribution in [3.8, 4) is 22.5 Å². The third-order valence-electron chi connectivity index (χ3n) is 5.12. The van der Waals surface area contributed by atoms with Crippen LogP contribution in [0.4, 0.5) is 5.69 Å². The molecule has 0 saturated carbocycles. The molecule has 0 atom stereocenters. The van der Waals surface area contributed by atoms with Crippen LogP contribution >= 0.6 is 0 Å². The molecular formula is C26H26N2O3. The molecule has 2 aliphatic rings. The maximum Gasteiger partial charge on any atom is 0.338 e. The maximum atomic E-state index is 12.7. The topological polar surface area (TPSA) is 63.8 Å². The highest BCUT2D eigenvalue weighted by atomic mass is 16.5. The number of benzene rings is 3. The molecule has 0 fully saturated rings. The molecule has 1 aliphatic heterocycles. The highest BCUT2D eigenvalue weighted by Gasteiger charge is 2.22. The van der Waals surface area contributed by atoms with Crippen molar-refractivity contribution in [2.75, 3.05) is 25.0 Å². The summed E-state index contributed by atoms with van der Waals surface area (Å²) in [7, 11) is 0. The molecule has 2 aromatic rings. The SMILES string of the molecule is CCN=c1ccc2c(-c3ccccc3C(=O)OCC)c3ccc(NCC)cc3oc-2c1. The number of hydrogen-bond acceptors (Lipinski definition) is 5. The molecule has 31 heavy (non-hydrogen) atoms. The summed E-state index contributed by atoms with van der Waals surface area (Å²) in [6, 6.07) is 19.6. The highest BCUT2D eigenvalue weighted by Crippen LogP contribution is 2.41. The van der Waals surface area contributed by atoms with Crippen LogP contribution in [0.25, 0.3) is 33.4 Å². The van der Waals surface area contributed by atoms with E-state index in [1.54, 1.807) is 0 Å². The minimum Gasteiger partial charge on any atom is -0.462 e. The number of esters is 1. The number of nitrogens with zero attached hydrogens (tertiary/aromatic N) is 1. The second-order valence-corrected chi connectivity index (χ2v) is 7.14. The predicted molar refractivity (Wildman–Crippen MR) is 124 cm³/mol. The molecule has 1 N–H and O–H groups in total. The van der Waals surface area contributed by atoms with Gasteiger partial charge in [0.05, 0.1) is 17.5 Å². The van der Waals surface area contributed by atoms with Gasteiger partial charge in [0.2, 0.25) is 0 Å². The van der Waals surface area contributed by atoms with Crippen molar-refractivity contribution in [1.29, 1.82) is 0 Å². The molecule has 0 amide bonds. The van der Waals surface area contributed by atoms with E-state index < -0.39 is 0 Å². The summed E-state index contributed by atoms with van der Waals surface area (Å²) in [6.45, 7) is 7.71. The number of rotatable bonds is 6. The lowest BCUT2D eigenvalue weighted by atomic mass is 9.90. The van der Waals surface area contributed by atoms with Gasteiger partial charge in [-0.05, 0) is 56.7 Å². The number of carbonyl (C=O) groups is 1. The van der Waals surface area contributed by atoms with E-state index in [2.05, 4.69) is 17.2 Å². The zero-order valence-electron chi connectivity index (χ0n) is 18.1. The van der Waals surface area contributed by atoms with E-state index >= 15 is 0 Å². The Morgan fingerprint density at radius 1 is 1.00 bits per heavy atom. The van der Waals surface area contributed by atoms with Crippen LogP contribution in [0.15, 0.2) is 70.1 Å². The van der Waals surface area contributed by atoms with Crippen molar-refractivity contribution < 1.29 is 13.9 Å². The summed E-state index contributed by atoms with van der Waals surface area (Å²) in [5.41, 5.74) is 4.96. The Morgan fingerprint density at radius 3 is 2.61 bits per heavy atom. The van der Waals surface area contributed by atoms with E-state index in [1.807, 2.05) is 74.5 Å².